The number of carbonyl (C=O) groups is 12. The Morgan fingerprint density at radius 2 is 0.551 bits per heavy atom. The van der Waals surface area contributed by atoms with Crippen LogP contribution >= 0.6 is 0 Å². The van der Waals surface area contributed by atoms with Crippen molar-refractivity contribution in [2.24, 2.45) is 5.73 Å². The van der Waals surface area contributed by atoms with Gasteiger partial charge in [-0.15, -0.1) is 0 Å². The summed E-state index contributed by atoms with van der Waals surface area (Å²) < 4.78 is 0. The lowest BCUT2D eigenvalue weighted by atomic mass is 10.1. The Hall–Kier alpha value is -6.40. The summed E-state index contributed by atoms with van der Waals surface area (Å²) in [6.45, 7) is 0. The van der Waals surface area contributed by atoms with Gasteiger partial charge in [-0.3, -0.25) is 52.7 Å². The van der Waals surface area contributed by atoms with Crippen molar-refractivity contribution < 1.29 is 93.3 Å². The van der Waals surface area contributed by atoms with Crippen molar-refractivity contribution in [3.8, 4) is 0 Å². The highest BCUT2D eigenvalue weighted by Crippen LogP contribution is 2.05. The minimum Gasteiger partial charge on any atom is -0.481 e. The largest absolute Gasteiger partial charge is 0.481 e. The summed E-state index contributed by atoms with van der Waals surface area (Å²) in [7, 11) is 0. The molecular weight excluding hydrogens is 676 g/mol. The van der Waals surface area contributed by atoms with E-state index in [-0.39, 0.29) is 0 Å². The van der Waals surface area contributed by atoms with E-state index in [2.05, 4.69) is 0 Å². The lowest BCUT2D eigenvalue weighted by molar-refractivity contribution is -0.148. The summed E-state index contributed by atoms with van der Waals surface area (Å²) in [5, 5.41) is 72.2. The molecule has 0 aliphatic rings. The maximum Gasteiger partial charge on any atom is 0.326 e. The van der Waals surface area contributed by atoms with Crippen molar-refractivity contribution in [1.29, 1.82) is 0 Å². The van der Waals surface area contributed by atoms with E-state index in [1.807, 2.05) is 5.32 Å². The number of hydrogen-bond donors (Lipinski definition) is 13. The summed E-state index contributed by atoms with van der Waals surface area (Å²) in [5.74, 6) is -19.9. The Kier molecular flexibility index (Phi) is 17.4. The van der Waals surface area contributed by atoms with E-state index in [0.717, 1.165) is 0 Å². The summed E-state index contributed by atoms with van der Waals surface area (Å²) in [5.41, 5.74) is 5.36. The van der Waals surface area contributed by atoms with Crippen LogP contribution in [0.2, 0.25) is 0 Å². The van der Waals surface area contributed by atoms with Crippen LogP contribution in [-0.2, 0) is 57.5 Å². The first kappa shape index (κ1) is 42.6. The normalized spacial score (nSPS) is 14.1. The number of nitrogens with one attached hydrogen (secondary N) is 5. The molecule has 0 radical (unpaired) electrons. The van der Waals surface area contributed by atoms with E-state index in [4.69, 9.17) is 31.3 Å². The second-order valence-electron chi connectivity index (χ2n) is 9.84. The summed E-state index contributed by atoms with van der Waals surface area (Å²) in [6, 6.07) is -12.7. The number of carboxylic acids is 7. The Bertz CT molecular complexity index is 1370. The lowest BCUT2D eigenvalue weighted by Gasteiger charge is -2.25. The van der Waals surface area contributed by atoms with Crippen LogP contribution in [0.25, 0.3) is 0 Å². The Labute approximate surface area is 272 Å². The highest BCUT2D eigenvalue weighted by molar-refractivity contribution is 6.00. The van der Waals surface area contributed by atoms with Gasteiger partial charge in [0.2, 0.25) is 29.5 Å². The van der Waals surface area contributed by atoms with Gasteiger partial charge in [0.25, 0.3) is 0 Å². The average molecular weight is 709 g/mol. The molecule has 0 fully saturated rings. The molecule has 0 aliphatic heterocycles. The third-order valence-corrected chi connectivity index (χ3v) is 5.77. The quantitative estimate of drug-likeness (QED) is 0.0469. The molecule has 0 aromatic rings. The number of rotatable bonds is 23. The smallest absolute Gasteiger partial charge is 0.326 e. The second kappa shape index (κ2) is 20.0. The average Bonchev–Trinajstić information content (AvgIpc) is 2.93. The number of amides is 5. The van der Waals surface area contributed by atoms with Crippen molar-refractivity contribution in [3.05, 3.63) is 0 Å². The highest BCUT2D eigenvalue weighted by Gasteiger charge is 2.36. The van der Waals surface area contributed by atoms with Gasteiger partial charge in [0.15, 0.2) is 0 Å². The third-order valence-electron chi connectivity index (χ3n) is 5.77. The molecular formula is C24H32N6O19. The van der Waals surface area contributed by atoms with Crippen LogP contribution in [0, 0.1) is 0 Å². The topological polar surface area (TPSA) is 433 Å². The number of hydrogen-bond acceptors (Lipinski definition) is 13. The third kappa shape index (κ3) is 17.2. The van der Waals surface area contributed by atoms with Crippen molar-refractivity contribution in [3.63, 3.8) is 0 Å². The summed E-state index contributed by atoms with van der Waals surface area (Å²) in [6.07, 6.45) is -7.27. The Morgan fingerprint density at radius 3 is 0.776 bits per heavy atom. The molecule has 0 unspecified atom stereocenters. The molecule has 0 saturated heterocycles. The maximum atomic E-state index is 13.0. The fraction of sp³-hybridized carbons (Fsp3) is 0.500. The summed E-state index contributed by atoms with van der Waals surface area (Å²) >= 11 is 0. The predicted molar refractivity (Wildman–Crippen MR) is 149 cm³/mol. The number of aliphatic carboxylic acids is 7. The van der Waals surface area contributed by atoms with Crippen molar-refractivity contribution in [1.82, 2.24) is 26.6 Å². The fourth-order valence-corrected chi connectivity index (χ4v) is 3.56. The first-order valence-electron chi connectivity index (χ1n) is 13.3. The maximum absolute atomic E-state index is 13.0. The molecule has 0 heterocycles. The van der Waals surface area contributed by atoms with E-state index < -0.39 is 146 Å². The molecule has 0 rings (SSSR count). The van der Waals surface area contributed by atoms with Gasteiger partial charge in [0, 0.05) is 0 Å². The fourth-order valence-electron chi connectivity index (χ4n) is 3.56. The molecule has 0 saturated carbocycles. The van der Waals surface area contributed by atoms with Crippen LogP contribution < -0.4 is 32.3 Å². The molecule has 0 aromatic heterocycles. The van der Waals surface area contributed by atoms with Crippen LogP contribution in [0.15, 0.2) is 0 Å². The molecule has 25 heteroatoms. The molecule has 6 atom stereocenters. The van der Waals surface area contributed by atoms with Gasteiger partial charge in [0.1, 0.15) is 30.2 Å². The molecule has 0 aliphatic carbocycles. The van der Waals surface area contributed by atoms with E-state index in [1.54, 1.807) is 21.3 Å². The van der Waals surface area contributed by atoms with Gasteiger partial charge in [-0.2, -0.15) is 0 Å². The van der Waals surface area contributed by atoms with Gasteiger partial charge in [-0.1, -0.05) is 0 Å². The Balaban J connectivity index is 6.20. The van der Waals surface area contributed by atoms with E-state index in [9.17, 15) is 67.7 Å². The monoisotopic (exact) mass is 708 g/mol. The van der Waals surface area contributed by atoms with Crippen LogP contribution in [0.4, 0.5) is 0 Å². The number of carbonyl (C=O) groups excluding carboxylic acids is 5. The molecule has 25 nitrogen and oxygen atoms in total. The second-order valence-corrected chi connectivity index (χ2v) is 9.84. The first-order valence-corrected chi connectivity index (χ1v) is 13.3. The van der Waals surface area contributed by atoms with Crippen molar-refractivity contribution >= 4 is 71.3 Å². The van der Waals surface area contributed by atoms with E-state index in [1.165, 1.54) is 0 Å². The highest BCUT2D eigenvalue weighted by atomic mass is 16.4. The predicted octanol–water partition coefficient (Wildman–Crippen LogP) is -6.33. The Morgan fingerprint density at radius 1 is 0.347 bits per heavy atom. The van der Waals surface area contributed by atoms with Crippen LogP contribution in [-0.4, -0.2) is 143 Å². The van der Waals surface area contributed by atoms with Gasteiger partial charge >= 0.3 is 41.8 Å². The minimum absolute atomic E-state index is 0.957. The first-order chi connectivity index (χ1) is 22.5. The van der Waals surface area contributed by atoms with Gasteiger partial charge in [-0.25, -0.2) is 4.79 Å². The molecule has 0 aromatic carbocycles. The zero-order chi connectivity index (χ0) is 38.2. The van der Waals surface area contributed by atoms with Gasteiger partial charge < -0.3 is 68.1 Å². The summed E-state index contributed by atoms with van der Waals surface area (Å²) in [4.78, 5) is 142. The molecule has 0 bridgehead atoms. The SMILES string of the molecule is N[C@H](CC(=O)O)C(=O)N[C@H](CC(=O)O)C(=O)N[C@H](CC(=O)O)C(=O)N[C@H](CC(=O)O)C(=O)N[C@H](CC(=O)O)C(=O)N[C@H](CC(=O)O)C(=O)O. The number of carboxylic acid groups (broad SMARTS) is 7. The molecule has 5 amide bonds. The molecule has 272 valence electrons. The van der Waals surface area contributed by atoms with Crippen LogP contribution in [0.5, 0.6) is 0 Å². The zero-order valence-corrected chi connectivity index (χ0v) is 24.8. The molecule has 49 heavy (non-hydrogen) atoms. The lowest BCUT2D eigenvalue weighted by Crippen LogP contribution is -2.60. The molecule has 14 N–H and O–H groups in total. The standard InChI is InChI=1S/C24H32N6O19/c25-7(1-13(31)32)19(43)26-8(2-14(33)34)20(44)27-9(3-15(35)36)21(45)28-10(4-16(37)38)22(46)29-11(5-17(39)40)23(47)30-12(24(48)49)6-18(41)42/h7-12H,1-6,25H2,(H,26,43)(H,27,44)(H,28,45)(H,29,46)(H,30,47)(H,31,32)(H,33,34)(H,35,36)(H,37,38)(H,39,40)(H,41,42)(H,48,49)/t7-,8-,9-,10-,11-,12-/m1/s1. The van der Waals surface area contributed by atoms with Gasteiger partial charge in [0.05, 0.1) is 44.6 Å². The van der Waals surface area contributed by atoms with E-state index in [0.29, 0.717) is 0 Å². The van der Waals surface area contributed by atoms with Gasteiger partial charge in [-0.05, 0) is 0 Å². The van der Waals surface area contributed by atoms with Crippen molar-refractivity contribution in [2.75, 3.05) is 0 Å². The zero-order valence-electron chi connectivity index (χ0n) is 24.8. The van der Waals surface area contributed by atoms with Crippen LogP contribution in [0.3, 0.4) is 0 Å². The van der Waals surface area contributed by atoms with Crippen LogP contribution in [0.1, 0.15) is 38.5 Å². The van der Waals surface area contributed by atoms with E-state index >= 15 is 0 Å². The van der Waals surface area contributed by atoms with Crippen molar-refractivity contribution in [2.45, 2.75) is 74.8 Å². The number of nitrogens with two attached hydrogens (primary N) is 1. The minimum atomic E-state index is -2.26. The molecule has 0 spiro atoms.